The Kier molecular flexibility index (Phi) is 4.49. The average Bonchev–Trinajstić information content (AvgIpc) is 2.38. The molecule has 2 rings (SSSR count). The standard InChI is InChI=1S/C14H14ClNS/c15-12-8-6-11(7-9-12)14(10-16)17-13-4-2-1-3-5-13/h1-9,14H,10,16H2. The minimum atomic E-state index is 0.273. The molecule has 0 aliphatic carbocycles. The molecule has 17 heavy (non-hydrogen) atoms. The monoisotopic (exact) mass is 263 g/mol. The van der Waals surface area contributed by atoms with Gasteiger partial charge in [-0.1, -0.05) is 41.9 Å². The zero-order valence-electron chi connectivity index (χ0n) is 9.34. The summed E-state index contributed by atoms with van der Waals surface area (Å²) >= 11 is 7.66. The molecule has 0 fully saturated rings. The van der Waals surface area contributed by atoms with E-state index in [1.807, 2.05) is 42.5 Å². The van der Waals surface area contributed by atoms with Gasteiger partial charge in [0.05, 0.1) is 0 Å². The lowest BCUT2D eigenvalue weighted by molar-refractivity contribution is 0.941. The van der Waals surface area contributed by atoms with Gasteiger partial charge in [-0.05, 0) is 29.8 Å². The Hall–Kier alpha value is -0.960. The molecule has 2 N–H and O–H groups in total. The van der Waals surface area contributed by atoms with Crippen LogP contribution in [0.1, 0.15) is 10.8 Å². The second kappa shape index (κ2) is 6.10. The predicted octanol–water partition coefficient (Wildman–Crippen LogP) is 4.13. The van der Waals surface area contributed by atoms with E-state index in [1.54, 1.807) is 11.8 Å². The van der Waals surface area contributed by atoms with Crippen LogP contribution in [-0.4, -0.2) is 6.54 Å². The average molecular weight is 264 g/mol. The highest BCUT2D eigenvalue weighted by Crippen LogP contribution is 2.34. The van der Waals surface area contributed by atoms with E-state index in [2.05, 4.69) is 12.1 Å². The van der Waals surface area contributed by atoms with Crippen molar-refractivity contribution in [1.29, 1.82) is 0 Å². The summed E-state index contributed by atoms with van der Waals surface area (Å²) in [5, 5.41) is 1.03. The number of halogens is 1. The van der Waals surface area contributed by atoms with E-state index >= 15 is 0 Å². The maximum atomic E-state index is 5.88. The van der Waals surface area contributed by atoms with Crippen LogP contribution in [0.5, 0.6) is 0 Å². The lowest BCUT2D eigenvalue weighted by Gasteiger charge is -2.14. The van der Waals surface area contributed by atoms with Crippen LogP contribution in [-0.2, 0) is 0 Å². The highest BCUT2D eigenvalue weighted by Gasteiger charge is 2.10. The third-order valence-corrected chi connectivity index (χ3v) is 4.02. The number of hydrogen-bond acceptors (Lipinski definition) is 2. The number of hydrogen-bond donors (Lipinski definition) is 1. The van der Waals surface area contributed by atoms with E-state index in [9.17, 15) is 0 Å². The van der Waals surface area contributed by atoms with Gasteiger partial charge in [-0.2, -0.15) is 0 Å². The number of rotatable bonds is 4. The molecule has 1 atom stereocenters. The second-order valence-corrected chi connectivity index (χ2v) is 5.42. The van der Waals surface area contributed by atoms with Crippen molar-refractivity contribution in [2.75, 3.05) is 6.54 Å². The molecular weight excluding hydrogens is 250 g/mol. The Morgan fingerprint density at radius 1 is 1.00 bits per heavy atom. The minimum Gasteiger partial charge on any atom is -0.329 e. The van der Waals surface area contributed by atoms with Gasteiger partial charge >= 0.3 is 0 Å². The van der Waals surface area contributed by atoms with E-state index < -0.39 is 0 Å². The molecule has 0 aliphatic heterocycles. The van der Waals surface area contributed by atoms with Crippen LogP contribution in [0.25, 0.3) is 0 Å². The van der Waals surface area contributed by atoms with Gasteiger partial charge in [0.25, 0.3) is 0 Å². The van der Waals surface area contributed by atoms with Crippen molar-refractivity contribution in [2.45, 2.75) is 10.1 Å². The van der Waals surface area contributed by atoms with Gasteiger partial charge in [-0.25, -0.2) is 0 Å². The SMILES string of the molecule is NCC(Sc1ccccc1)c1ccc(Cl)cc1. The third-order valence-electron chi connectivity index (χ3n) is 2.48. The summed E-state index contributed by atoms with van der Waals surface area (Å²) < 4.78 is 0. The molecular formula is C14H14ClNS. The summed E-state index contributed by atoms with van der Waals surface area (Å²) in [4.78, 5) is 1.23. The molecule has 88 valence electrons. The Morgan fingerprint density at radius 3 is 2.24 bits per heavy atom. The summed E-state index contributed by atoms with van der Waals surface area (Å²) in [6.45, 7) is 0.612. The molecule has 2 aromatic rings. The molecule has 0 aliphatic rings. The molecule has 3 heteroatoms. The first kappa shape index (κ1) is 12.5. The molecule has 0 heterocycles. The molecule has 1 unspecified atom stereocenters. The zero-order valence-corrected chi connectivity index (χ0v) is 10.9. The van der Waals surface area contributed by atoms with Gasteiger partial charge in [0.15, 0.2) is 0 Å². The van der Waals surface area contributed by atoms with Crippen molar-refractivity contribution >= 4 is 23.4 Å². The Bertz CT molecular complexity index is 455. The van der Waals surface area contributed by atoms with Gasteiger partial charge in [0.1, 0.15) is 0 Å². The summed E-state index contributed by atoms with van der Waals surface area (Å²) in [6, 6.07) is 18.2. The smallest absolute Gasteiger partial charge is 0.0466 e. The Labute approximate surface area is 111 Å². The van der Waals surface area contributed by atoms with Crippen LogP contribution in [0.15, 0.2) is 59.5 Å². The van der Waals surface area contributed by atoms with E-state index in [4.69, 9.17) is 17.3 Å². The molecule has 0 radical (unpaired) electrons. The van der Waals surface area contributed by atoms with Crippen molar-refractivity contribution in [2.24, 2.45) is 5.73 Å². The summed E-state index contributed by atoms with van der Waals surface area (Å²) in [7, 11) is 0. The predicted molar refractivity (Wildman–Crippen MR) is 75.5 cm³/mol. The maximum absolute atomic E-state index is 5.88. The topological polar surface area (TPSA) is 26.0 Å². The molecule has 0 aromatic heterocycles. The van der Waals surface area contributed by atoms with Gasteiger partial charge in [0, 0.05) is 21.7 Å². The molecule has 0 bridgehead atoms. The van der Waals surface area contributed by atoms with Crippen molar-refractivity contribution in [1.82, 2.24) is 0 Å². The van der Waals surface area contributed by atoms with Gasteiger partial charge < -0.3 is 5.73 Å². The van der Waals surface area contributed by atoms with Crippen LogP contribution in [0.2, 0.25) is 5.02 Å². The van der Waals surface area contributed by atoms with Gasteiger partial charge in [0.2, 0.25) is 0 Å². The fourth-order valence-electron chi connectivity index (χ4n) is 1.59. The van der Waals surface area contributed by atoms with E-state index in [-0.39, 0.29) is 5.25 Å². The fourth-order valence-corrected chi connectivity index (χ4v) is 2.75. The van der Waals surface area contributed by atoms with Gasteiger partial charge in [-0.15, -0.1) is 11.8 Å². The Balaban J connectivity index is 2.14. The van der Waals surface area contributed by atoms with Crippen LogP contribution < -0.4 is 5.73 Å². The second-order valence-electron chi connectivity index (χ2n) is 3.71. The molecule has 0 amide bonds. The minimum absolute atomic E-state index is 0.273. The highest BCUT2D eigenvalue weighted by molar-refractivity contribution is 7.99. The highest BCUT2D eigenvalue weighted by atomic mass is 35.5. The summed E-state index contributed by atoms with van der Waals surface area (Å²) in [6.07, 6.45) is 0. The first-order valence-corrected chi connectivity index (χ1v) is 6.72. The maximum Gasteiger partial charge on any atom is 0.0466 e. The van der Waals surface area contributed by atoms with Crippen LogP contribution in [0, 0.1) is 0 Å². The lowest BCUT2D eigenvalue weighted by Crippen LogP contribution is -2.09. The first-order valence-electron chi connectivity index (χ1n) is 5.47. The number of thioether (sulfide) groups is 1. The first-order chi connectivity index (χ1) is 8.29. The summed E-state index contributed by atoms with van der Waals surface area (Å²) in [5.41, 5.74) is 7.05. The van der Waals surface area contributed by atoms with E-state index in [1.165, 1.54) is 10.5 Å². The molecule has 2 aromatic carbocycles. The quantitative estimate of drug-likeness (QED) is 0.840. The van der Waals surface area contributed by atoms with Crippen molar-refractivity contribution < 1.29 is 0 Å². The normalized spacial score (nSPS) is 12.4. The molecule has 0 saturated carbocycles. The summed E-state index contributed by atoms with van der Waals surface area (Å²) in [5.74, 6) is 0. The van der Waals surface area contributed by atoms with Gasteiger partial charge in [-0.3, -0.25) is 0 Å². The Morgan fingerprint density at radius 2 is 1.65 bits per heavy atom. The number of benzene rings is 2. The third kappa shape index (κ3) is 3.50. The molecule has 0 spiro atoms. The molecule has 1 nitrogen and oxygen atoms in total. The van der Waals surface area contributed by atoms with E-state index in [0.29, 0.717) is 6.54 Å². The largest absolute Gasteiger partial charge is 0.329 e. The van der Waals surface area contributed by atoms with Crippen molar-refractivity contribution in [3.8, 4) is 0 Å². The lowest BCUT2D eigenvalue weighted by atomic mass is 10.1. The van der Waals surface area contributed by atoms with Crippen LogP contribution in [0.4, 0.5) is 0 Å². The van der Waals surface area contributed by atoms with Crippen molar-refractivity contribution in [3.05, 3.63) is 65.2 Å². The van der Waals surface area contributed by atoms with Crippen LogP contribution in [0.3, 0.4) is 0 Å². The zero-order chi connectivity index (χ0) is 12.1. The fraction of sp³-hybridized carbons (Fsp3) is 0.143. The van der Waals surface area contributed by atoms with Crippen molar-refractivity contribution in [3.63, 3.8) is 0 Å². The molecule has 0 saturated heterocycles. The number of nitrogens with two attached hydrogens (primary N) is 1. The van der Waals surface area contributed by atoms with E-state index in [0.717, 1.165) is 5.02 Å². The van der Waals surface area contributed by atoms with Crippen LogP contribution >= 0.6 is 23.4 Å².